The first kappa shape index (κ1) is 14.5. The lowest BCUT2D eigenvalue weighted by molar-refractivity contribution is 0.629. The minimum Gasteiger partial charge on any atom is -0.356 e. The fourth-order valence-electron chi connectivity index (χ4n) is 2.02. The van der Waals surface area contributed by atoms with E-state index in [2.05, 4.69) is 34.7 Å². The Morgan fingerprint density at radius 1 is 1.25 bits per heavy atom. The molecule has 0 amide bonds. The van der Waals surface area contributed by atoms with Gasteiger partial charge in [-0.1, -0.05) is 37.3 Å². The highest BCUT2D eigenvalue weighted by molar-refractivity contribution is 7.80. The molecule has 3 nitrogen and oxygen atoms in total. The van der Waals surface area contributed by atoms with Crippen molar-refractivity contribution in [3.63, 3.8) is 0 Å². The molecular formula is C16H19N3S. The van der Waals surface area contributed by atoms with Gasteiger partial charge in [-0.2, -0.15) is 0 Å². The second-order valence-corrected chi connectivity index (χ2v) is 5.10. The second-order valence-electron chi connectivity index (χ2n) is 4.69. The van der Waals surface area contributed by atoms with Crippen molar-refractivity contribution in [2.75, 3.05) is 5.32 Å². The molecule has 0 fully saturated rings. The summed E-state index contributed by atoms with van der Waals surface area (Å²) in [5.74, 6) is 0.769. The van der Waals surface area contributed by atoms with Gasteiger partial charge in [-0.25, -0.2) is 4.98 Å². The number of pyridine rings is 1. The van der Waals surface area contributed by atoms with Crippen LogP contribution in [-0.4, -0.2) is 10.1 Å². The number of nitrogens with zero attached hydrogens (tertiary/aromatic N) is 1. The fraction of sp³-hybridized carbons (Fsp3) is 0.250. The predicted molar refractivity (Wildman–Crippen MR) is 87.8 cm³/mol. The molecule has 1 heterocycles. The van der Waals surface area contributed by atoms with Gasteiger partial charge >= 0.3 is 0 Å². The van der Waals surface area contributed by atoms with E-state index >= 15 is 0 Å². The third-order valence-electron chi connectivity index (χ3n) is 3.07. The van der Waals surface area contributed by atoms with Crippen molar-refractivity contribution < 1.29 is 0 Å². The van der Waals surface area contributed by atoms with Gasteiger partial charge in [0.25, 0.3) is 0 Å². The molecule has 0 aliphatic rings. The van der Waals surface area contributed by atoms with Crippen molar-refractivity contribution in [2.24, 2.45) is 0 Å². The Kier molecular flexibility index (Phi) is 5.07. The van der Waals surface area contributed by atoms with E-state index in [0.29, 0.717) is 5.11 Å². The topological polar surface area (TPSA) is 37.0 Å². The first-order valence-electron chi connectivity index (χ1n) is 6.74. The Labute approximate surface area is 125 Å². The summed E-state index contributed by atoms with van der Waals surface area (Å²) in [5.41, 5.74) is 2.39. The van der Waals surface area contributed by atoms with Crippen molar-refractivity contribution in [1.29, 1.82) is 0 Å². The van der Waals surface area contributed by atoms with Gasteiger partial charge in [0, 0.05) is 6.20 Å². The Bertz CT molecular complexity index is 569. The molecule has 0 unspecified atom stereocenters. The standard InChI is InChI=1S/C16H19N3S/c1-3-14(13-7-5-4-6-8-13)18-16(20)19-15-11-12(2)9-10-17-15/h4-11,14H,3H2,1-2H3,(H2,17,18,19,20)/t14-/m1/s1. The van der Waals surface area contributed by atoms with Crippen molar-refractivity contribution in [2.45, 2.75) is 26.3 Å². The number of thiocarbonyl (C=S) groups is 1. The Morgan fingerprint density at radius 2 is 2.00 bits per heavy atom. The number of aromatic nitrogens is 1. The lowest BCUT2D eigenvalue weighted by Gasteiger charge is -2.19. The van der Waals surface area contributed by atoms with Gasteiger partial charge in [0.15, 0.2) is 5.11 Å². The second kappa shape index (κ2) is 7.01. The predicted octanol–water partition coefficient (Wildman–Crippen LogP) is 3.83. The third kappa shape index (κ3) is 4.03. The average molecular weight is 285 g/mol. The maximum absolute atomic E-state index is 5.36. The molecule has 0 radical (unpaired) electrons. The van der Waals surface area contributed by atoms with Crippen LogP contribution in [0.4, 0.5) is 5.82 Å². The molecule has 2 N–H and O–H groups in total. The molecule has 1 aromatic carbocycles. The number of hydrogen-bond acceptors (Lipinski definition) is 2. The molecule has 0 saturated carbocycles. The SMILES string of the molecule is CC[C@@H](NC(=S)Nc1cc(C)ccn1)c1ccccc1. The van der Waals surface area contributed by atoms with Crippen LogP contribution < -0.4 is 10.6 Å². The van der Waals surface area contributed by atoms with Crippen molar-refractivity contribution >= 4 is 23.1 Å². The zero-order chi connectivity index (χ0) is 14.4. The number of benzene rings is 1. The Balaban J connectivity index is 2.00. The highest BCUT2D eigenvalue weighted by atomic mass is 32.1. The van der Waals surface area contributed by atoms with Crippen LogP contribution in [0.3, 0.4) is 0 Å². The Morgan fingerprint density at radius 3 is 2.65 bits per heavy atom. The summed E-state index contributed by atoms with van der Waals surface area (Å²) in [6.07, 6.45) is 2.74. The lowest BCUT2D eigenvalue weighted by Crippen LogP contribution is -2.32. The van der Waals surface area contributed by atoms with E-state index in [-0.39, 0.29) is 6.04 Å². The van der Waals surface area contributed by atoms with E-state index in [0.717, 1.165) is 17.8 Å². The zero-order valence-corrected chi connectivity index (χ0v) is 12.6. The monoisotopic (exact) mass is 285 g/mol. The van der Waals surface area contributed by atoms with Gasteiger partial charge in [-0.3, -0.25) is 0 Å². The molecule has 0 aliphatic carbocycles. The van der Waals surface area contributed by atoms with Crippen molar-refractivity contribution in [1.82, 2.24) is 10.3 Å². The molecule has 104 valence electrons. The molecule has 4 heteroatoms. The first-order chi connectivity index (χ1) is 9.69. The summed E-state index contributed by atoms with van der Waals surface area (Å²) in [4.78, 5) is 4.25. The van der Waals surface area contributed by atoms with Gasteiger partial charge in [0.05, 0.1) is 6.04 Å². The highest BCUT2D eigenvalue weighted by Crippen LogP contribution is 2.16. The van der Waals surface area contributed by atoms with Crippen LogP contribution in [0, 0.1) is 6.92 Å². The summed E-state index contributed by atoms with van der Waals surface area (Å²) in [5, 5.41) is 7.05. The van der Waals surface area contributed by atoms with Crippen LogP contribution >= 0.6 is 12.2 Å². The van der Waals surface area contributed by atoms with E-state index in [4.69, 9.17) is 12.2 Å². The van der Waals surface area contributed by atoms with Crippen molar-refractivity contribution in [3.8, 4) is 0 Å². The maximum atomic E-state index is 5.36. The van der Waals surface area contributed by atoms with Gasteiger partial charge in [0.1, 0.15) is 5.82 Å². The molecule has 2 aromatic rings. The van der Waals surface area contributed by atoms with E-state index in [1.807, 2.05) is 37.3 Å². The van der Waals surface area contributed by atoms with E-state index in [9.17, 15) is 0 Å². The van der Waals surface area contributed by atoms with Gasteiger partial charge in [-0.05, 0) is 48.8 Å². The smallest absolute Gasteiger partial charge is 0.172 e. The lowest BCUT2D eigenvalue weighted by atomic mass is 10.1. The van der Waals surface area contributed by atoms with Crippen molar-refractivity contribution in [3.05, 3.63) is 59.8 Å². The molecule has 0 aliphatic heterocycles. The molecule has 0 spiro atoms. The molecular weight excluding hydrogens is 266 g/mol. The molecule has 1 atom stereocenters. The summed E-state index contributed by atoms with van der Waals surface area (Å²) in [6.45, 7) is 4.17. The highest BCUT2D eigenvalue weighted by Gasteiger charge is 2.10. The van der Waals surface area contributed by atoms with Crippen LogP contribution in [0.2, 0.25) is 0 Å². The van der Waals surface area contributed by atoms with Gasteiger partial charge in [0.2, 0.25) is 0 Å². The molecule has 2 rings (SSSR count). The molecule has 1 aromatic heterocycles. The normalized spacial score (nSPS) is 11.7. The first-order valence-corrected chi connectivity index (χ1v) is 7.15. The number of anilines is 1. The van der Waals surface area contributed by atoms with E-state index in [1.54, 1.807) is 6.20 Å². The van der Waals surface area contributed by atoms with E-state index in [1.165, 1.54) is 5.56 Å². The quantitative estimate of drug-likeness (QED) is 0.837. The summed E-state index contributed by atoms with van der Waals surface area (Å²) in [7, 11) is 0. The molecule has 20 heavy (non-hydrogen) atoms. The number of aryl methyl sites for hydroxylation is 1. The van der Waals surface area contributed by atoms with Crippen LogP contribution in [0.25, 0.3) is 0 Å². The Hall–Kier alpha value is -1.94. The van der Waals surface area contributed by atoms with Gasteiger partial charge < -0.3 is 10.6 Å². The fourth-order valence-corrected chi connectivity index (χ4v) is 2.27. The average Bonchev–Trinajstić information content (AvgIpc) is 2.45. The summed E-state index contributed by atoms with van der Waals surface area (Å²) >= 11 is 5.36. The molecule has 0 bridgehead atoms. The molecule has 0 saturated heterocycles. The van der Waals surface area contributed by atoms with E-state index < -0.39 is 0 Å². The van der Waals surface area contributed by atoms with Crippen LogP contribution in [-0.2, 0) is 0 Å². The maximum Gasteiger partial charge on any atom is 0.172 e. The van der Waals surface area contributed by atoms with Crippen LogP contribution in [0.1, 0.15) is 30.5 Å². The largest absolute Gasteiger partial charge is 0.356 e. The number of nitrogens with one attached hydrogen (secondary N) is 2. The van der Waals surface area contributed by atoms with Crippen LogP contribution in [0.15, 0.2) is 48.7 Å². The van der Waals surface area contributed by atoms with Gasteiger partial charge in [-0.15, -0.1) is 0 Å². The number of hydrogen-bond donors (Lipinski definition) is 2. The number of rotatable bonds is 4. The zero-order valence-electron chi connectivity index (χ0n) is 11.8. The third-order valence-corrected chi connectivity index (χ3v) is 3.29. The minimum atomic E-state index is 0.209. The summed E-state index contributed by atoms with van der Waals surface area (Å²) in [6, 6.07) is 14.4. The van der Waals surface area contributed by atoms with Crippen LogP contribution in [0.5, 0.6) is 0 Å². The summed E-state index contributed by atoms with van der Waals surface area (Å²) < 4.78 is 0. The minimum absolute atomic E-state index is 0.209.